The van der Waals surface area contributed by atoms with Crippen LogP contribution in [0.2, 0.25) is 0 Å². The van der Waals surface area contributed by atoms with Gasteiger partial charge in [-0.1, -0.05) is 0 Å². The summed E-state index contributed by atoms with van der Waals surface area (Å²) >= 11 is 0. The summed E-state index contributed by atoms with van der Waals surface area (Å²) in [6.45, 7) is 0. The number of halogens is 2. The standard InChI is InChI=1S/C7H8F2N2O2/c1-11-3-4(7(12)13-2)10-6(11)5(8)9/h3,5H,1-2H3. The molecule has 0 atom stereocenters. The fourth-order valence-electron chi connectivity index (χ4n) is 0.886. The topological polar surface area (TPSA) is 44.1 Å². The van der Waals surface area contributed by atoms with Gasteiger partial charge in [0.15, 0.2) is 11.5 Å². The van der Waals surface area contributed by atoms with E-state index in [1.54, 1.807) is 0 Å². The molecule has 0 spiro atoms. The lowest BCUT2D eigenvalue weighted by Gasteiger charge is -1.96. The minimum Gasteiger partial charge on any atom is -0.464 e. The Morgan fingerprint density at radius 1 is 1.69 bits per heavy atom. The number of esters is 1. The zero-order valence-electron chi connectivity index (χ0n) is 7.12. The van der Waals surface area contributed by atoms with E-state index in [0.29, 0.717) is 0 Å². The second-order valence-corrected chi connectivity index (χ2v) is 2.39. The highest BCUT2D eigenvalue weighted by molar-refractivity contribution is 5.86. The Morgan fingerprint density at radius 3 is 2.69 bits per heavy atom. The fraction of sp³-hybridized carbons (Fsp3) is 0.429. The van der Waals surface area contributed by atoms with E-state index in [-0.39, 0.29) is 5.69 Å². The number of carbonyl (C=O) groups excluding carboxylic acids is 1. The maximum absolute atomic E-state index is 12.2. The van der Waals surface area contributed by atoms with Crippen molar-refractivity contribution in [1.29, 1.82) is 0 Å². The molecule has 72 valence electrons. The zero-order chi connectivity index (χ0) is 10.0. The molecule has 0 amide bonds. The third kappa shape index (κ3) is 1.82. The van der Waals surface area contributed by atoms with E-state index < -0.39 is 18.2 Å². The summed E-state index contributed by atoms with van der Waals surface area (Å²) in [4.78, 5) is 14.3. The maximum Gasteiger partial charge on any atom is 0.358 e. The molecule has 0 aliphatic carbocycles. The molecule has 4 nitrogen and oxygen atoms in total. The van der Waals surface area contributed by atoms with Gasteiger partial charge in [-0.3, -0.25) is 0 Å². The Hall–Kier alpha value is -1.46. The first-order chi connectivity index (χ1) is 6.06. The summed E-state index contributed by atoms with van der Waals surface area (Å²) in [7, 11) is 2.56. The Morgan fingerprint density at radius 2 is 2.31 bits per heavy atom. The average molecular weight is 190 g/mol. The van der Waals surface area contributed by atoms with Gasteiger partial charge in [-0.15, -0.1) is 0 Å². The summed E-state index contributed by atoms with van der Waals surface area (Å²) in [5.41, 5.74) is -0.111. The second kappa shape index (κ2) is 3.51. The van der Waals surface area contributed by atoms with Crippen LogP contribution < -0.4 is 0 Å². The molecular formula is C7H8F2N2O2. The first-order valence-corrected chi connectivity index (χ1v) is 3.46. The van der Waals surface area contributed by atoms with Crippen LogP contribution in [0.5, 0.6) is 0 Å². The number of rotatable bonds is 2. The molecular weight excluding hydrogens is 182 g/mol. The number of aryl methyl sites for hydroxylation is 1. The Kier molecular flexibility index (Phi) is 2.60. The minimum atomic E-state index is -2.69. The molecule has 1 heterocycles. The van der Waals surface area contributed by atoms with Gasteiger partial charge < -0.3 is 9.30 Å². The molecule has 0 saturated carbocycles. The molecule has 1 rings (SSSR count). The number of aromatic nitrogens is 2. The lowest BCUT2D eigenvalue weighted by molar-refractivity contribution is 0.0594. The summed E-state index contributed by atoms with van der Waals surface area (Å²) in [5, 5.41) is 0. The van der Waals surface area contributed by atoms with E-state index >= 15 is 0 Å². The molecule has 0 fully saturated rings. The molecule has 6 heteroatoms. The quantitative estimate of drug-likeness (QED) is 0.657. The number of hydrogen-bond acceptors (Lipinski definition) is 3. The molecule has 1 aromatic rings. The van der Waals surface area contributed by atoms with Crippen molar-refractivity contribution in [3.8, 4) is 0 Å². The fourth-order valence-corrected chi connectivity index (χ4v) is 0.886. The van der Waals surface area contributed by atoms with Crippen molar-refractivity contribution >= 4 is 5.97 Å². The van der Waals surface area contributed by atoms with E-state index in [9.17, 15) is 13.6 Å². The van der Waals surface area contributed by atoms with E-state index in [4.69, 9.17) is 0 Å². The number of alkyl halides is 2. The average Bonchev–Trinajstić information content (AvgIpc) is 2.46. The second-order valence-electron chi connectivity index (χ2n) is 2.39. The van der Waals surface area contributed by atoms with Gasteiger partial charge in [-0.2, -0.15) is 0 Å². The molecule has 0 aliphatic heterocycles. The van der Waals surface area contributed by atoms with E-state index in [0.717, 1.165) is 4.57 Å². The van der Waals surface area contributed by atoms with E-state index in [1.165, 1.54) is 20.4 Å². The normalized spacial score (nSPS) is 10.5. The van der Waals surface area contributed by atoms with Crippen LogP contribution >= 0.6 is 0 Å². The number of carbonyl (C=O) groups is 1. The van der Waals surface area contributed by atoms with Gasteiger partial charge in [0.05, 0.1) is 7.11 Å². The number of imidazole rings is 1. The minimum absolute atomic E-state index is 0.111. The van der Waals surface area contributed by atoms with E-state index in [2.05, 4.69) is 9.72 Å². The Bertz CT molecular complexity index is 322. The molecule has 0 aliphatic rings. The van der Waals surface area contributed by atoms with Crippen LogP contribution in [0, 0.1) is 0 Å². The first kappa shape index (κ1) is 9.63. The predicted octanol–water partition coefficient (Wildman–Crippen LogP) is 1.14. The van der Waals surface area contributed by atoms with Crippen LogP contribution in [0.25, 0.3) is 0 Å². The van der Waals surface area contributed by atoms with Crippen molar-refractivity contribution in [2.24, 2.45) is 7.05 Å². The van der Waals surface area contributed by atoms with Gasteiger partial charge in [-0.05, 0) is 0 Å². The van der Waals surface area contributed by atoms with Gasteiger partial charge in [0.1, 0.15) is 0 Å². The van der Waals surface area contributed by atoms with Crippen molar-refractivity contribution in [3.05, 3.63) is 17.7 Å². The largest absolute Gasteiger partial charge is 0.464 e. The summed E-state index contributed by atoms with van der Waals surface area (Å²) in [6.07, 6.45) is -1.49. The highest BCUT2D eigenvalue weighted by atomic mass is 19.3. The summed E-state index contributed by atoms with van der Waals surface area (Å²) in [5.74, 6) is -1.16. The number of methoxy groups -OCH3 is 1. The number of nitrogens with zero attached hydrogens (tertiary/aromatic N) is 2. The lowest BCUT2D eigenvalue weighted by Crippen LogP contribution is -2.01. The Balaban J connectivity index is 3.02. The molecule has 0 radical (unpaired) electrons. The first-order valence-electron chi connectivity index (χ1n) is 3.46. The monoisotopic (exact) mass is 190 g/mol. The van der Waals surface area contributed by atoms with Crippen molar-refractivity contribution in [2.75, 3.05) is 7.11 Å². The van der Waals surface area contributed by atoms with Crippen molar-refractivity contribution in [1.82, 2.24) is 9.55 Å². The Labute approximate surface area is 73.1 Å². The zero-order valence-corrected chi connectivity index (χ0v) is 7.12. The van der Waals surface area contributed by atoms with Crippen LogP contribution in [0.15, 0.2) is 6.20 Å². The summed E-state index contributed by atoms with van der Waals surface area (Å²) < 4.78 is 29.8. The predicted molar refractivity (Wildman–Crippen MR) is 39.5 cm³/mol. The van der Waals surface area contributed by atoms with Crippen LogP contribution in [0.4, 0.5) is 8.78 Å². The highest BCUT2D eigenvalue weighted by Crippen LogP contribution is 2.17. The van der Waals surface area contributed by atoms with Crippen LogP contribution in [-0.4, -0.2) is 22.6 Å². The maximum atomic E-state index is 12.2. The van der Waals surface area contributed by atoms with Crippen LogP contribution in [0.1, 0.15) is 22.7 Å². The molecule has 0 N–H and O–H groups in total. The van der Waals surface area contributed by atoms with Crippen molar-refractivity contribution in [2.45, 2.75) is 6.43 Å². The highest BCUT2D eigenvalue weighted by Gasteiger charge is 2.18. The van der Waals surface area contributed by atoms with Crippen molar-refractivity contribution in [3.63, 3.8) is 0 Å². The lowest BCUT2D eigenvalue weighted by atomic mass is 10.5. The third-order valence-electron chi connectivity index (χ3n) is 1.50. The van der Waals surface area contributed by atoms with Gasteiger partial charge in [-0.25, -0.2) is 18.6 Å². The molecule has 1 aromatic heterocycles. The summed E-state index contributed by atoms with van der Waals surface area (Å²) in [6, 6.07) is 0. The van der Waals surface area contributed by atoms with Gasteiger partial charge in [0.25, 0.3) is 6.43 Å². The van der Waals surface area contributed by atoms with E-state index in [1.807, 2.05) is 0 Å². The third-order valence-corrected chi connectivity index (χ3v) is 1.50. The van der Waals surface area contributed by atoms with Crippen LogP contribution in [-0.2, 0) is 11.8 Å². The molecule has 0 saturated heterocycles. The SMILES string of the molecule is COC(=O)c1cn(C)c(C(F)F)n1. The molecule has 0 unspecified atom stereocenters. The van der Waals surface area contributed by atoms with Gasteiger partial charge in [0, 0.05) is 13.2 Å². The number of hydrogen-bond donors (Lipinski definition) is 0. The van der Waals surface area contributed by atoms with Gasteiger partial charge in [0.2, 0.25) is 0 Å². The number of ether oxygens (including phenoxy) is 1. The van der Waals surface area contributed by atoms with Gasteiger partial charge >= 0.3 is 5.97 Å². The van der Waals surface area contributed by atoms with Crippen LogP contribution in [0.3, 0.4) is 0 Å². The molecule has 0 aromatic carbocycles. The smallest absolute Gasteiger partial charge is 0.358 e. The molecule has 0 bridgehead atoms. The molecule has 13 heavy (non-hydrogen) atoms. The van der Waals surface area contributed by atoms with Crippen molar-refractivity contribution < 1.29 is 18.3 Å².